The highest BCUT2D eigenvalue weighted by Crippen LogP contribution is 2.22. The lowest BCUT2D eigenvalue weighted by Gasteiger charge is -2.06. The first-order chi connectivity index (χ1) is 9.15. The smallest absolute Gasteiger partial charge is 0.234 e. The summed E-state index contributed by atoms with van der Waals surface area (Å²) in [5.74, 6) is -0.493. The van der Waals surface area contributed by atoms with Crippen molar-refractivity contribution in [3.8, 4) is 0 Å². The highest BCUT2D eigenvalue weighted by molar-refractivity contribution is 8.00. The largest absolute Gasteiger partial charge is 0.323 e. The average molecular weight is 296 g/mol. The van der Waals surface area contributed by atoms with E-state index in [4.69, 9.17) is 11.6 Å². The van der Waals surface area contributed by atoms with Crippen LogP contribution in [-0.2, 0) is 4.79 Å². The first kappa shape index (κ1) is 13.9. The summed E-state index contributed by atoms with van der Waals surface area (Å²) in [7, 11) is 0. The summed E-state index contributed by atoms with van der Waals surface area (Å²) in [6.45, 7) is 0. The summed E-state index contributed by atoms with van der Waals surface area (Å²) in [5, 5.41) is 3.15. The zero-order valence-corrected chi connectivity index (χ0v) is 11.5. The number of para-hydroxylation sites is 1. The lowest BCUT2D eigenvalue weighted by Crippen LogP contribution is -2.14. The molecule has 0 bridgehead atoms. The van der Waals surface area contributed by atoms with E-state index < -0.39 is 5.82 Å². The number of hydrogen-bond donors (Lipinski definition) is 1. The summed E-state index contributed by atoms with van der Waals surface area (Å²) in [6, 6.07) is 13.3. The van der Waals surface area contributed by atoms with E-state index in [1.54, 1.807) is 24.3 Å². The van der Waals surface area contributed by atoms with Crippen LogP contribution >= 0.6 is 23.4 Å². The van der Waals surface area contributed by atoms with Crippen LogP contribution in [0, 0.1) is 5.82 Å². The third kappa shape index (κ3) is 4.26. The van der Waals surface area contributed by atoms with Crippen molar-refractivity contribution >= 4 is 35.0 Å². The Balaban J connectivity index is 1.90. The number of anilines is 1. The number of carbonyl (C=O) groups excluding carboxylic acids is 1. The van der Waals surface area contributed by atoms with Gasteiger partial charge in [0.2, 0.25) is 5.91 Å². The van der Waals surface area contributed by atoms with E-state index in [-0.39, 0.29) is 17.3 Å². The Labute approximate surface area is 120 Å². The van der Waals surface area contributed by atoms with Gasteiger partial charge in [0, 0.05) is 9.92 Å². The van der Waals surface area contributed by atoms with Gasteiger partial charge in [0.25, 0.3) is 0 Å². The van der Waals surface area contributed by atoms with E-state index in [2.05, 4.69) is 5.32 Å². The molecule has 1 N–H and O–H groups in total. The molecule has 0 aromatic heterocycles. The van der Waals surface area contributed by atoms with Gasteiger partial charge >= 0.3 is 0 Å². The molecule has 2 aromatic carbocycles. The number of amides is 1. The maximum Gasteiger partial charge on any atom is 0.234 e. The minimum Gasteiger partial charge on any atom is -0.323 e. The number of rotatable bonds is 4. The van der Waals surface area contributed by atoms with Crippen molar-refractivity contribution in [1.29, 1.82) is 0 Å². The van der Waals surface area contributed by atoms with E-state index in [1.807, 2.05) is 12.1 Å². The summed E-state index contributed by atoms with van der Waals surface area (Å²) in [6.07, 6.45) is 0. The lowest BCUT2D eigenvalue weighted by atomic mass is 10.3. The fraction of sp³-hybridized carbons (Fsp3) is 0.0714. The first-order valence-electron chi connectivity index (χ1n) is 5.58. The second-order valence-electron chi connectivity index (χ2n) is 3.77. The zero-order valence-electron chi connectivity index (χ0n) is 9.90. The van der Waals surface area contributed by atoms with Gasteiger partial charge in [-0.2, -0.15) is 0 Å². The van der Waals surface area contributed by atoms with E-state index >= 15 is 0 Å². The Bertz CT molecular complexity index is 591. The van der Waals surface area contributed by atoms with Crippen LogP contribution in [0.2, 0.25) is 5.02 Å². The topological polar surface area (TPSA) is 29.1 Å². The Morgan fingerprint density at radius 3 is 2.74 bits per heavy atom. The second kappa shape index (κ2) is 6.59. The molecule has 0 atom stereocenters. The number of carbonyl (C=O) groups is 1. The average Bonchev–Trinajstić information content (AvgIpc) is 2.39. The first-order valence-corrected chi connectivity index (χ1v) is 6.94. The Hall–Kier alpha value is -1.52. The molecule has 0 heterocycles. The third-order valence-electron chi connectivity index (χ3n) is 2.31. The van der Waals surface area contributed by atoms with E-state index in [9.17, 15) is 9.18 Å². The van der Waals surface area contributed by atoms with Crippen LogP contribution in [0.4, 0.5) is 10.1 Å². The summed E-state index contributed by atoms with van der Waals surface area (Å²) in [4.78, 5) is 12.6. The van der Waals surface area contributed by atoms with Gasteiger partial charge in [0.05, 0.1) is 11.4 Å². The SMILES string of the molecule is O=C(CSc1cccc(Cl)c1)Nc1ccccc1F. The molecule has 0 fully saturated rings. The van der Waals surface area contributed by atoms with Gasteiger partial charge in [-0.15, -0.1) is 11.8 Å². The van der Waals surface area contributed by atoms with Crippen molar-refractivity contribution in [1.82, 2.24) is 0 Å². The van der Waals surface area contributed by atoms with Crippen LogP contribution in [0.25, 0.3) is 0 Å². The van der Waals surface area contributed by atoms with Crippen LogP contribution in [0.3, 0.4) is 0 Å². The molecule has 19 heavy (non-hydrogen) atoms. The van der Waals surface area contributed by atoms with Gasteiger partial charge in [-0.1, -0.05) is 29.8 Å². The Kier molecular flexibility index (Phi) is 4.82. The fourth-order valence-electron chi connectivity index (χ4n) is 1.45. The fourth-order valence-corrected chi connectivity index (χ4v) is 2.46. The van der Waals surface area contributed by atoms with Gasteiger partial charge in [-0.3, -0.25) is 4.79 Å². The van der Waals surface area contributed by atoms with Crippen molar-refractivity contribution < 1.29 is 9.18 Å². The molecule has 0 radical (unpaired) electrons. The minimum absolute atomic E-state index is 0.194. The predicted molar refractivity (Wildman–Crippen MR) is 77.2 cm³/mol. The highest BCUT2D eigenvalue weighted by atomic mass is 35.5. The van der Waals surface area contributed by atoms with Crippen molar-refractivity contribution in [2.45, 2.75) is 4.90 Å². The van der Waals surface area contributed by atoms with Crippen molar-refractivity contribution in [2.24, 2.45) is 0 Å². The summed E-state index contributed by atoms with van der Waals surface area (Å²) in [5.41, 5.74) is 0.194. The minimum atomic E-state index is -0.441. The molecule has 2 rings (SSSR count). The van der Waals surface area contributed by atoms with Crippen molar-refractivity contribution in [3.05, 3.63) is 59.4 Å². The van der Waals surface area contributed by atoms with E-state index in [0.717, 1.165) is 4.90 Å². The number of hydrogen-bond acceptors (Lipinski definition) is 2. The highest BCUT2D eigenvalue weighted by Gasteiger charge is 2.07. The van der Waals surface area contributed by atoms with Gasteiger partial charge in [0.15, 0.2) is 0 Å². The van der Waals surface area contributed by atoms with E-state index in [1.165, 1.54) is 23.9 Å². The number of nitrogens with one attached hydrogen (secondary N) is 1. The number of benzene rings is 2. The standard InChI is InChI=1S/C14H11ClFNOS/c15-10-4-3-5-11(8-10)19-9-14(18)17-13-7-2-1-6-12(13)16/h1-8H,9H2,(H,17,18). The molecule has 2 nitrogen and oxygen atoms in total. The van der Waals surface area contributed by atoms with Gasteiger partial charge in [0.1, 0.15) is 5.82 Å². The van der Waals surface area contributed by atoms with Gasteiger partial charge in [-0.05, 0) is 30.3 Å². The molecule has 0 aliphatic rings. The van der Waals surface area contributed by atoms with Gasteiger partial charge < -0.3 is 5.32 Å². The lowest BCUT2D eigenvalue weighted by molar-refractivity contribution is -0.113. The van der Waals surface area contributed by atoms with E-state index in [0.29, 0.717) is 5.02 Å². The Morgan fingerprint density at radius 1 is 1.21 bits per heavy atom. The summed E-state index contributed by atoms with van der Waals surface area (Å²) < 4.78 is 13.3. The molecule has 2 aromatic rings. The number of thioether (sulfide) groups is 1. The molecular weight excluding hydrogens is 285 g/mol. The predicted octanol–water partition coefficient (Wildman–Crippen LogP) is 4.21. The van der Waals surface area contributed by atoms with Crippen LogP contribution in [0.5, 0.6) is 0 Å². The quantitative estimate of drug-likeness (QED) is 0.856. The molecule has 5 heteroatoms. The maximum absolute atomic E-state index is 13.3. The molecule has 0 saturated carbocycles. The van der Waals surface area contributed by atoms with Crippen LogP contribution < -0.4 is 5.32 Å². The van der Waals surface area contributed by atoms with Crippen LogP contribution in [0.1, 0.15) is 0 Å². The maximum atomic E-state index is 13.3. The van der Waals surface area contributed by atoms with Crippen molar-refractivity contribution in [2.75, 3.05) is 11.1 Å². The molecule has 98 valence electrons. The molecule has 0 spiro atoms. The zero-order chi connectivity index (χ0) is 13.7. The number of halogens is 2. The normalized spacial score (nSPS) is 10.2. The molecule has 1 amide bonds. The molecule has 0 aliphatic carbocycles. The molecule has 0 saturated heterocycles. The molecular formula is C14H11ClFNOS. The van der Waals surface area contributed by atoms with Gasteiger partial charge in [-0.25, -0.2) is 4.39 Å². The molecule has 0 unspecified atom stereocenters. The van der Waals surface area contributed by atoms with Crippen LogP contribution in [-0.4, -0.2) is 11.7 Å². The Morgan fingerprint density at radius 2 is 2.00 bits per heavy atom. The van der Waals surface area contributed by atoms with Crippen LogP contribution in [0.15, 0.2) is 53.4 Å². The third-order valence-corrected chi connectivity index (χ3v) is 3.54. The van der Waals surface area contributed by atoms with Crippen molar-refractivity contribution in [3.63, 3.8) is 0 Å². The second-order valence-corrected chi connectivity index (χ2v) is 5.26. The molecule has 0 aliphatic heterocycles. The summed E-state index contributed by atoms with van der Waals surface area (Å²) >= 11 is 7.20. The monoisotopic (exact) mass is 295 g/mol.